The van der Waals surface area contributed by atoms with E-state index in [2.05, 4.69) is 30.9 Å². The molecule has 7 aromatic carbocycles. The van der Waals surface area contributed by atoms with Gasteiger partial charge < -0.3 is 64.9 Å². The normalized spacial score (nSPS) is 17.7. The molecule has 3 atom stereocenters. The van der Waals surface area contributed by atoms with Crippen molar-refractivity contribution < 1.29 is 108 Å². The second kappa shape index (κ2) is 45.6. The van der Waals surface area contributed by atoms with Crippen LogP contribution in [0, 0.1) is 54.9 Å². The van der Waals surface area contributed by atoms with Gasteiger partial charge in [-0.1, -0.05) is 215 Å². The molecule has 0 unspecified atom stereocenters. The van der Waals surface area contributed by atoms with Crippen molar-refractivity contribution in [3.8, 4) is 56.3 Å². The number of hydrogen-bond acceptors (Lipinski definition) is 22. The third-order valence-electron chi connectivity index (χ3n) is 24.7. The number of carboxylic acid groups (broad SMARTS) is 1. The van der Waals surface area contributed by atoms with E-state index in [1.165, 1.54) is 6.92 Å². The Bertz CT molecular complexity index is 6310. The minimum absolute atomic E-state index is 0. The molecule has 20 rings (SSSR count). The fraction of sp³-hybridized carbons (Fsp3) is 0.363. The number of carbonyl (C=O) groups is 6. The van der Waals surface area contributed by atoms with Gasteiger partial charge in [-0.25, -0.2) is 40.7 Å². The molecule has 1 aliphatic heterocycles. The molecule has 8 fully saturated rings. The number of benzene rings is 7. The molecule has 12 aromatic rings. The number of piperidine rings is 1. The van der Waals surface area contributed by atoms with Gasteiger partial charge in [-0.2, -0.15) is 0 Å². The Kier molecular flexibility index (Phi) is 35.3. The molecule has 8 aliphatic rings. The van der Waals surface area contributed by atoms with Gasteiger partial charge in [0.15, 0.2) is 73.8 Å². The maximum Gasteiger partial charge on any atom is 0.410 e. The highest BCUT2D eigenvalue weighted by atomic mass is 35.5. The second-order valence-electron chi connectivity index (χ2n) is 35.2. The number of aliphatic hydroxyl groups is 2. The monoisotopic (exact) mass is 2120 g/mol. The van der Waals surface area contributed by atoms with E-state index in [1.807, 2.05) is 113 Å². The van der Waals surface area contributed by atoms with E-state index in [1.54, 1.807) is 79.4 Å². The number of oxime groups is 1. The first-order valence-electron chi connectivity index (χ1n) is 44.4. The van der Waals surface area contributed by atoms with Gasteiger partial charge >= 0.3 is 18.0 Å². The Morgan fingerprint density at radius 2 is 0.816 bits per heavy atom. The van der Waals surface area contributed by atoms with Crippen molar-refractivity contribution in [1.82, 2.24) is 30.7 Å². The van der Waals surface area contributed by atoms with Crippen molar-refractivity contribution in [2.75, 3.05) is 13.2 Å². The van der Waals surface area contributed by atoms with Gasteiger partial charge in [0, 0.05) is 57.4 Å². The van der Waals surface area contributed by atoms with Crippen LogP contribution in [0.1, 0.15) is 226 Å². The highest BCUT2D eigenvalue weighted by Crippen LogP contribution is 2.58. The average Bonchev–Trinajstić information content (AvgIpc) is 1.59. The van der Waals surface area contributed by atoms with Gasteiger partial charge in [0.25, 0.3) is 5.24 Å². The van der Waals surface area contributed by atoms with E-state index in [9.17, 15) is 70.4 Å². The number of ketones is 2. The fourth-order valence-electron chi connectivity index (χ4n) is 16.1. The number of ether oxygens (including phenoxy) is 2. The van der Waals surface area contributed by atoms with Crippen molar-refractivity contribution in [2.24, 2.45) is 11.1 Å². The summed E-state index contributed by atoms with van der Waals surface area (Å²) in [6, 6.07) is 42.0. The number of fused-ring (bicyclic) bond motifs is 2. The molecule has 6 heterocycles. The Labute approximate surface area is 852 Å². The molecule has 141 heavy (non-hydrogen) atoms. The number of aromatic nitrogens is 5. The minimum atomic E-state index is -1.70. The molecule has 5 aromatic heterocycles. The number of Topliss-reactive ketones (excluding diaryl/α,β-unsaturated/α-hetero) is 2. The number of nitrogens with zero attached hydrogens (tertiary/aromatic N) is 7. The lowest BCUT2D eigenvalue weighted by Crippen LogP contribution is -2.41. The number of aromatic carboxylic acids is 1. The number of esters is 1. The summed E-state index contributed by atoms with van der Waals surface area (Å²) >= 11 is 53.9. The molecule has 0 spiro atoms. The van der Waals surface area contributed by atoms with Gasteiger partial charge in [-0.15, -0.1) is 11.6 Å². The Balaban J connectivity index is 0.000000145. The summed E-state index contributed by atoms with van der Waals surface area (Å²) < 4.78 is 120. The number of carbonyl (C=O) groups excluding carboxylic acids is 5. The number of aliphatic hydroxyl groups excluding tert-OH is 2. The summed E-state index contributed by atoms with van der Waals surface area (Å²) in [5.41, 5.74) is 2.60. The number of carboxylic acids is 1. The molecule has 0 radical (unpaired) electrons. The van der Waals surface area contributed by atoms with E-state index in [0.29, 0.717) is 164 Å². The number of rotatable bonds is 22. The third kappa shape index (κ3) is 24.9. The zero-order chi connectivity index (χ0) is 102. The van der Waals surface area contributed by atoms with Crippen LogP contribution in [0.25, 0.3) is 56.3 Å². The molecule has 1 amide bonds. The van der Waals surface area contributed by atoms with Crippen LogP contribution < -0.4 is 0 Å². The first-order chi connectivity index (χ1) is 66.4. The standard InChI is InChI=1S/C16H15ClFNO3.C14H10Cl2FNO2.C14H12Cl2FNO.C14H11ClFNO3.C14H13ClFNO2.C14H17NO3.C8H7Cl2NO.C7H9FO2.CH3/c1-3-21-15(20)12-13(11-9(2)5-4-6-10(11)17)19-22-14(12)16(18)7-8-16;1-7-3-2-4-8(15)9(7)11-10(13(16)19)12(20-18-11)14(17)5-6-14;1-8-3-2-4-10(16)11(8)12-9(7-15)13(19-18-12)14(17)5-6-14;1-7-3-2-4-8(15)9(7)11-10(13(18)19)12(20-17-11)14(16)5-6-14;1-8-3-2-4-10(15)11(8)12-9(7-18)13(19-17-12)14(16)5-6-14;16-13-7-12-6-11(13)8-15(12)14(17)18-9-10-4-2-1-3-5-10;1-5-3-2-4-6(9)7(5)8(10)11-12;1-5(9)4-6(10)7(8)2-3-7;/h4-6H,3,7-8H2,1-2H3;2-4H,5-6H2,1H3;2-4H,5-7H2,1H3;2-4H,5-6H2,1H3,(H,18,19);2-4,18H,5-7H2,1H3;1-5,11-13,16H,6-9H2;2-4,12H,1H3;2-4H2,1H3;1H3/q;;;;;;;;-1/b;;;;;;11-8-;;/t;;;;;11-,12-,13+;;;/m.....0.../s1. The largest absolute Gasteiger partial charge is 0.477 e. The zero-order valence-corrected chi connectivity index (χ0v) is 84.4. The van der Waals surface area contributed by atoms with Gasteiger partial charge in [-0.05, 0) is 232 Å². The smallest absolute Gasteiger partial charge is 0.410 e. The van der Waals surface area contributed by atoms with Crippen LogP contribution in [0.5, 0.6) is 0 Å². The van der Waals surface area contributed by atoms with E-state index in [0.717, 1.165) is 50.9 Å². The Morgan fingerprint density at radius 1 is 0.461 bits per heavy atom. The number of likely N-dealkylation sites (tertiary alicyclic amines) is 1. The molecule has 1 saturated heterocycles. The van der Waals surface area contributed by atoms with Crippen molar-refractivity contribution in [3.63, 3.8) is 0 Å². The van der Waals surface area contributed by atoms with Crippen molar-refractivity contribution in [3.05, 3.63) is 278 Å². The maximum absolute atomic E-state index is 14.4. The summed E-state index contributed by atoms with van der Waals surface area (Å²) in [6.45, 7) is 14.9. The molecule has 39 heteroatoms. The molecule has 7 saturated carbocycles. The third-order valence-corrected chi connectivity index (χ3v) is 27.3. The van der Waals surface area contributed by atoms with Crippen molar-refractivity contribution in [1.29, 1.82) is 0 Å². The van der Waals surface area contributed by atoms with Gasteiger partial charge in [-0.3, -0.25) is 14.4 Å². The molecule has 2 bridgehead atoms. The van der Waals surface area contributed by atoms with Crippen LogP contribution in [0.15, 0.2) is 167 Å². The van der Waals surface area contributed by atoms with Crippen LogP contribution in [0.4, 0.5) is 31.1 Å². The maximum atomic E-state index is 14.4. The number of aryl methyl sites for hydroxylation is 6. The number of halogens is 15. The molecule has 4 N–H and O–H groups in total. The summed E-state index contributed by atoms with van der Waals surface area (Å²) in [5.74, 6) is -2.25. The SMILES string of the molecule is CC(=O)CC(=O)C1(F)CC1.CCOC(=O)c1c(-c2c(C)cccc2Cl)noc1C1(F)CC1.Cc1cccc(Cl)c1-c1noc(C2(F)CC2)c1C(=O)Cl.Cc1cccc(Cl)c1-c1noc(C2(F)CC2)c1C(=O)O.Cc1cccc(Cl)c1-c1noc(C2(F)CC2)c1CCl.Cc1cccc(Cl)c1-c1noc(C2(F)CC2)c1CO.Cc1cccc(Cl)c1/C(Cl)=N/O.O=C(OCc1ccccc1)N1C[C@@H]2C[C@H]1C[C@H]2O.[CH3-]. The second-order valence-corrected chi connectivity index (χ2v) is 38.6. The summed E-state index contributed by atoms with van der Waals surface area (Å²) in [7, 11) is 0. The first-order valence-corrected chi connectivity index (χ1v) is 48.0. The van der Waals surface area contributed by atoms with Gasteiger partial charge in [0.05, 0.1) is 67.3 Å². The van der Waals surface area contributed by atoms with Gasteiger partial charge in [0.2, 0.25) is 0 Å². The van der Waals surface area contributed by atoms with E-state index < -0.39 is 57.0 Å². The minimum Gasteiger partial charge on any atom is -0.477 e. The lowest BCUT2D eigenvalue weighted by Gasteiger charge is -2.28. The van der Waals surface area contributed by atoms with Crippen molar-refractivity contribution >= 4 is 144 Å². The van der Waals surface area contributed by atoms with E-state index in [-0.39, 0.29) is 143 Å². The summed E-state index contributed by atoms with van der Waals surface area (Å²) in [5, 5.41) is 61.2. The first kappa shape index (κ1) is 109. The van der Waals surface area contributed by atoms with Crippen LogP contribution >= 0.6 is 104 Å². The Morgan fingerprint density at radius 3 is 1.16 bits per heavy atom. The van der Waals surface area contributed by atoms with Crippen molar-refractivity contribution in [2.45, 2.75) is 217 Å². The molecular formula is C102H97Cl9F6N7O17-. The topological polar surface area (TPSA) is 348 Å². The summed E-state index contributed by atoms with van der Waals surface area (Å²) in [4.78, 5) is 70.2. The fourth-order valence-corrected chi connectivity index (χ4v) is 18.7. The number of hydrogen-bond donors (Lipinski definition) is 4. The van der Waals surface area contributed by atoms with Crippen LogP contribution in [0.2, 0.25) is 30.1 Å². The van der Waals surface area contributed by atoms with Gasteiger partial charge in [0.1, 0.15) is 57.6 Å². The van der Waals surface area contributed by atoms with E-state index in [4.69, 9.17) is 142 Å². The Hall–Kier alpha value is -10.6. The van der Waals surface area contributed by atoms with Crippen LogP contribution in [-0.2, 0) is 66.5 Å². The number of amides is 1. The highest BCUT2D eigenvalue weighted by molar-refractivity contribution is 6.70. The molecule has 7 aliphatic carbocycles. The number of alkyl halides is 7. The predicted octanol–water partition coefficient (Wildman–Crippen LogP) is 28.1. The molecular weight excluding hydrogens is 2030 g/mol. The van der Waals surface area contributed by atoms with Crippen LogP contribution in [0.3, 0.4) is 0 Å². The average molecular weight is 2130 g/mol. The lowest BCUT2D eigenvalue weighted by atomic mass is 10.00. The lowest BCUT2D eigenvalue weighted by molar-refractivity contribution is -0.130. The molecule has 24 nitrogen and oxygen atoms in total. The van der Waals surface area contributed by atoms with Crippen LogP contribution in [-0.4, -0.2) is 122 Å². The zero-order valence-electron chi connectivity index (χ0n) is 77.5. The molecule has 748 valence electrons. The summed E-state index contributed by atoms with van der Waals surface area (Å²) in [6.07, 6.45) is 5.01. The highest BCUT2D eigenvalue weighted by Gasteiger charge is 2.57. The van der Waals surface area contributed by atoms with E-state index >= 15 is 0 Å². The predicted molar refractivity (Wildman–Crippen MR) is 523 cm³/mol. The quantitative estimate of drug-likeness (QED) is 0.00563.